The van der Waals surface area contributed by atoms with Crippen LogP contribution in [0, 0.1) is 16.3 Å². The number of nitrogens with zero attached hydrogens (tertiary/aromatic N) is 2. The summed E-state index contributed by atoms with van der Waals surface area (Å²) in [7, 11) is 0. The number of anilines is 1. The number of hydrazone groups is 1. The molecule has 0 saturated carbocycles. The monoisotopic (exact) mass is 467 g/mol. The fourth-order valence-electron chi connectivity index (χ4n) is 2.90. The van der Waals surface area contributed by atoms with Gasteiger partial charge in [0.25, 0.3) is 5.91 Å². The molecule has 0 atom stereocenters. The summed E-state index contributed by atoms with van der Waals surface area (Å²) in [6.45, 7) is 3.64. The molecule has 0 unspecified atom stereocenters. The highest BCUT2D eigenvalue weighted by atomic mass is 127. The van der Waals surface area contributed by atoms with Crippen LogP contribution >= 0.6 is 22.6 Å². The van der Waals surface area contributed by atoms with Gasteiger partial charge in [0.15, 0.2) is 0 Å². The van der Waals surface area contributed by atoms with E-state index in [2.05, 4.69) is 10.5 Å². The molecule has 0 bridgehead atoms. The lowest BCUT2D eigenvalue weighted by molar-refractivity contribution is 0.0954. The second-order valence-electron chi connectivity index (χ2n) is 6.22. The molecule has 5 nitrogen and oxygen atoms in total. The van der Waals surface area contributed by atoms with E-state index in [1.54, 1.807) is 12.1 Å². The Labute approximate surface area is 165 Å². The molecule has 0 aliphatic carbocycles. The van der Waals surface area contributed by atoms with Gasteiger partial charge in [-0.2, -0.15) is 5.10 Å². The number of aryl methyl sites for hydroxylation is 1. The third-order valence-electron chi connectivity index (χ3n) is 4.36. The zero-order valence-electron chi connectivity index (χ0n) is 14.3. The number of hydrogen-bond acceptors (Lipinski definition) is 4. The van der Waals surface area contributed by atoms with Crippen LogP contribution in [0.25, 0.3) is 0 Å². The number of nitrogens with one attached hydrogen (secondary N) is 1. The zero-order chi connectivity index (χ0) is 18.7. The van der Waals surface area contributed by atoms with Crippen LogP contribution in [0.5, 0.6) is 5.75 Å². The molecule has 136 valence electrons. The van der Waals surface area contributed by atoms with Crippen molar-refractivity contribution in [2.24, 2.45) is 5.10 Å². The topological polar surface area (TPSA) is 64.9 Å². The Balaban J connectivity index is 1.70. The highest BCUT2D eigenvalue weighted by Gasteiger charge is 2.17. The van der Waals surface area contributed by atoms with Gasteiger partial charge in [-0.1, -0.05) is 0 Å². The van der Waals surface area contributed by atoms with E-state index in [0.717, 1.165) is 31.5 Å². The lowest BCUT2D eigenvalue weighted by atomic mass is 10.1. The molecule has 1 fully saturated rings. The quantitative estimate of drug-likeness (QED) is 0.409. The van der Waals surface area contributed by atoms with Gasteiger partial charge in [-0.3, -0.25) is 4.79 Å². The van der Waals surface area contributed by atoms with E-state index < -0.39 is 5.91 Å². The van der Waals surface area contributed by atoms with Crippen LogP contribution in [0.2, 0.25) is 0 Å². The van der Waals surface area contributed by atoms with E-state index in [1.165, 1.54) is 18.3 Å². The fourth-order valence-corrected chi connectivity index (χ4v) is 3.24. The summed E-state index contributed by atoms with van der Waals surface area (Å²) in [5.74, 6) is -0.690. The summed E-state index contributed by atoms with van der Waals surface area (Å²) < 4.78 is 15.1. The average molecular weight is 467 g/mol. The maximum Gasteiger partial charge on any atom is 0.271 e. The normalized spacial score (nSPS) is 14.2. The van der Waals surface area contributed by atoms with Gasteiger partial charge in [-0.25, -0.2) is 9.82 Å². The molecule has 0 spiro atoms. The average Bonchev–Trinajstić information content (AvgIpc) is 3.14. The summed E-state index contributed by atoms with van der Waals surface area (Å²) in [5.41, 5.74) is 4.81. The van der Waals surface area contributed by atoms with Gasteiger partial charge < -0.3 is 10.0 Å². The Kier molecular flexibility index (Phi) is 5.75. The summed E-state index contributed by atoms with van der Waals surface area (Å²) in [6.07, 6.45) is 3.60. The number of phenolic OH excluding ortho intramolecular Hbond substituents is 1. The number of carbonyl (C=O) groups excluding carboxylic acids is 1. The minimum Gasteiger partial charge on any atom is -0.507 e. The van der Waals surface area contributed by atoms with E-state index in [9.17, 15) is 14.3 Å². The van der Waals surface area contributed by atoms with Gasteiger partial charge in [0, 0.05) is 24.2 Å². The van der Waals surface area contributed by atoms with Crippen molar-refractivity contribution in [1.29, 1.82) is 0 Å². The second-order valence-corrected chi connectivity index (χ2v) is 7.38. The summed E-state index contributed by atoms with van der Waals surface area (Å²) in [6, 6.07) is 7.88. The van der Waals surface area contributed by atoms with Gasteiger partial charge >= 0.3 is 0 Å². The van der Waals surface area contributed by atoms with Crippen LogP contribution in [-0.4, -0.2) is 30.3 Å². The molecule has 26 heavy (non-hydrogen) atoms. The van der Waals surface area contributed by atoms with Crippen molar-refractivity contribution >= 4 is 40.4 Å². The van der Waals surface area contributed by atoms with Crippen LogP contribution in [0.1, 0.15) is 34.3 Å². The Bertz CT molecular complexity index is 864. The number of rotatable bonds is 4. The standard InChI is InChI=1S/C19H19FIN3O2/c1-12-8-17(24-6-2-3-7-24)15(20)9-14(12)11-22-23-19(26)13-4-5-16(21)18(25)10-13/h4-5,8-11,25H,2-3,6-7H2,1H3,(H,23,26)/b22-11-. The van der Waals surface area contributed by atoms with Gasteiger partial charge in [0.1, 0.15) is 11.6 Å². The molecule has 0 aromatic heterocycles. The molecule has 7 heteroatoms. The lowest BCUT2D eigenvalue weighted by Crippen LogP contribution is -2.19. The Morgan fingerprint density at radius 3 is 2.73 bits per heavy atom. The minimum atomic E-state index is -0.445. The summed E-state index contributed by atoms with van der Waals surface area (Å²) in [5, 5.41) is 13.6. The van der Waals surface area contributed by atoms with E-state index in [4.69, 9.17) is 0 Å². The van der Waals surface area contributed by atoms with Gasteiger partial charge in [0.2, 0.25) is 0 Å². The third-order valence-corrected chi connectivity index (χ3v) is 5.27. The van der Waals surface area contributed by atoms with Crippen molar-refractivity contribution < 1.29 is 14.3 Å². The number of halogens is 2. The molecule has 3 rings (SSSR count). The zero-order valence-corrected chi connectivity index (χ0v) is 16.5. The fraction of sp³-hybridized carbons (Fsp3) is 0.263. The van der Waals surface area contributed by atoms with Crippen molar-refractivity contribution in [3.63, 3.8) is 0 Å². The van der Waals surface area contributed by atoms with E-state index in [-0.39, 0.29) is 11.6 Å². The Hall–Kier alpha value is -2.16. The molecule has 2 aromatic rings. The second kappa shape index (κ2) is 8.03. The number of hydrogen-bond donors (Lipinski definition) is 2. The van der Waals surface area contributed by atoms with Crippen molar-refractivity contribution in [2.75, 3.05) is 18.0 Å². The molecule has 1 heterocycles. The molecule has 2 N–H and O–H groups in total. The Morgan fingerprint density at radius 1 is 1.31 bits per heavy atom. The van der Waals surface area contributed by atoms with Crippen molar-refractivity contribution in [2.45, 2.75) is 19.8 Å². The highest BCUT2D eigenvalue weighted by Crippen LogP contribution is 2.26. The van der Waals surface area contributed by atoms with Gasteiger partial charge in [0.05, 0.1) is 15.5 Å². The summed E-state index contributed by atoms with van der Waals surface area (Å²) in [4.78, 5) is 14.1. The molecule has 1 saturated heterocycles. The highest BCUT2D eigenvalue weighted by molar-refractivity contribution is 14.1. The third kappa shape index (κ3) is 4.14. The molecule has 1 amide bonds. The maximum absolute atomic E-state index is 14.4. The molecule has 1 aliphatic rings. The number of benzene rings is 2. The molecular weight excluding hydrogens is 448 g/mol. The lowest BCUT2D eigenvalue weighted by Gasteiger charge is -2.19. The maximum atomic E-state index is 14.4. The van der Waals surface area contributed by atoms with Crippen LogP contribution in [0.3, 0.4) is 0 Å². The number of phenols is 1. The smallest absolute Gasteiger partial charge is 0.271 e. The van der Waals surface area contributed by atoms with Crippen LogP contribution < -0.4 is 10.3 Å². The van der Waals surface area contributed by atoms with Gasteiger partial charge in [-0.15, -0.1) is 0 Å². The van der Waals surface area contributed by atoms with Crippen LogP contribution in [0.15, 0.2) is 35.4 Å². The number of carbonyl (C=O) groups is 1. The molecular formula is C19H19FIN3O2. The molecule has 1 aliphatic heterocycles. The Morgan fingerprint density at radius 2 is 2.04 bits per heavy atom. The summed E-state index contributed by atoms with van der Waals surface area (Å²) >= 11 is 1.97. The molecule has 0 radical (unpaired) electrons. The van der Waals surface area contributed by atoms with Crippen LogP contribution in [0.4, 0.5) is 10.1 Å². The SMILES string of the molecule is Cc1cc(N2CCCC2)c(F)cc1/C=N\NC(=O)c1ccc(I)c(O)c1. The van der Waals surface area contributed by atoms with Gasteiger partial charge in [-0.05, 0) is 78.3 Å². The van der Waals surface area contributed by atoms with Crippen molar-refractivity contribution in [3.05, 3.63) is 56.4 Å². The first-order valence-electron chi connectivity index (χ1n) is 8.32. The largest absolute Gasteiger partial charge is 0.507 e. The van der Waals surface area contributed by atoms with Crippen LogP contribution in [-0.2, 0) is 0 Å². The molecule has 2 aromatic carbocycles. The van der Waals surface area contributed by atoms with E-state index in [0.29, 0.717) is 20.4 Å². The van der Waals surface area contributed by atoms with E-state index in [1.807, 2.05) is 40.5 Å². The number of aromatic hydroxyl groups is 1. The van der Waals surface area contributed by atoms with E-state index >= 15 is 0 Å². The van der Waals surface area contributed by atoms with Crippen molar-refractivity contribution in [3.8, 4) is 5.75 Å². The van der Waals surface area contributed by atoms with Crippen molar-refractivity contribution in [1.82, 2.24) is 5.43 Å². The first-order chi connectivity index (χ1) is 12.5. The first-order valence-corrected chi connectivity index (χ1v) is 9.40. The first kappa shape index (κ1) is 18.6. The number of amides is 1. The predicted octanol–water partition coefficient (Wildman–Crippen LogP) is 3.81. The predicted molar refractivity (Wildman–Crippen MR) is 108 cm³/mol. The minimum absolute atomic E-state index is 0.0395.